The van der Waals surface area contributed by atoms with E-state index < -0.39 is 0 Å². The first-order valence-corrected chi connectivity index (χ1v) is 10.1. The van der Waals surface area contributed by atoms with Crippen LogP contribution in [0.5, 0.6) is 0 Å². The third-order valence-electron chi connectivity index (χ3n) is 5.69. The number of rotatable bonds is 6. The van der Waals surface area contributed by atoms with Crippen molar-refractivity contribution >= 4 is 16.8 Å². The molecule has 6 heteroatoms. The van der Waals surface area contributed by atoms with E-state index in [0.717, 1.165) is 61.3 Å². The van der Waals surface area contributed by atoms with Gasteiger partial charge in [-0.25, -0.2) is 4.98 Å². The van der Waals surface area contributed by atoms with Crippen molar-refractivity contribution in [2.24, 2.45) is 0 Å². The zero-order valence-corrected chi connectivity index (χ0v) is 16.8. The van der Waals surface area contributed by atoms with Gasteiger partial charge in [0.2, 0.25) is 5.91 Å². The second-order valence-corrected chi connectivity index (χ2v) is 8.00. The molecule has 1 saturated heterocycles. The lowest BCUT2D eigenvalue weighted by Crippen LogP contribution is -2.40. The maximum absolute atomic E-state index is 13.0. The molecule has 1 N–H and O–H groups in total. The van der Waals surface area contributed by atoms with Crippen molar-refractivity contribution in [1.29, 1.82) is 0 Å². The number of likely N-dealkylation sites (N-methyl/N-ethyl adjacent to an activating group) is 1. The van der Waals surface area contributed by atoms with Crippen molar-refractivity contribution in [3.63, 3.8) is 0 Å². The van der Waals surface area contributed by atoms with Crippen molar-refractivity contribution in [2.75, 3.05) is 33.7 Å². The van der Waals surface area contributed by atoms with Gasteiger partial charge < -0.3 is 19.4 Å². The molecular weight excluding hydrogens is 350 g/mol. The highest BCUT2D eigenvalue weighted by molar-refractivity contribution is 5.88. The number of nitrogens with one attached hydrogen (secondary N) is 1. The van der Waals surface area contributed by atoms with Gasteiger partial charge in [0.15, 0.2) is 0 Å². The number of H-pyrrole nitrogens is 1. The molecule has 0 saturated carbocycles. The second-order valence-electron chi connectivity index (χ2n) is 8.00. The quantitative estimate of drug-likeness (QED) is 0.716. The Labute approximate surface area is 166 Å². The van der Waals surface area contributed by atoms with E-state index in [-0.39, 0.29) is 5.91 Å². The smallest absolute Gasteiger partial charge is 0.227 e. The molecule has 0 aliphatic carbocycles. The molecule has 148 valence electrons. The molecular formula is C22H29N5O. The number of benzene rings is 1. The number of carbonyl (C=O) groups excluding carboxylic acids is 1. The predicted molar refractivity (Wildman–Crippen MR) is 111 cm³/mol. The molecule has 3 aromatic rings. The number of imidazole rings is 1. The van der Waals surface area contributed by atoms with Gasteiger partial charge >= 0.3 is 0 Å². The van der Waals surface area contributed by atoms with Crippen LogP contribution in [0.25, 0.3) is 10.9 Å². The number of hydrogen-bond acceptors (Lipinski definition) is 3. The molecule has 0 spiro atoms. The van der Waals surface area contributed by atoms with Crippen LogP contribution in [-0.2, 0) is 17.8 Å². The fourth-order valence-corrected chi connectivity index (χ4v) is 4.14. The molecule has 1 aliphatic heterocycles. The number of aromatic amines is 1. The highest BCUT2D eigenvalue weighted by Gasteiger charge is 2.27. The predicted octanol–water partition coefficient (Wildman–Crippen LogP) is 2.87. The third-order valence-corrected chi connectivity index (χ3v) is 5.69. The Hall–Kier alpha value is -2.60. The van der Waals surface area contributed by atoms with E-state index in [0.29, 0.717) is 12.3 Å². The van der Waals surface area contributed by atoms with Gasteiger partial charge in [-0.1, -0.05) is 18.2 Å². The first-order chi connectivity index (χ1) is 13.6. The molecule has 3 heterocycles. The van der Waals surface area contributed by atoms with Crippen molar-refractivity contribution in [1.82, 2.24) is 24.3 Å². The molecule has 28 heavy (non-hydrogen) atoms. The van der Waals surface area contributed by atoms with E-state index in [2.05, 4.69) is 45.8 Å². The lowest BCUT2D eigenvalue weighted by Gasteiger charge is -2.33. The summed E-state index contributed by atoms with van der Waals surface area (Å²) in [6.07, 6.45) is 8.49. The van der Waals surface area contributed by atoms with E-state index in [1.54, 1.807) is 0 Å². The Balaban J connectivity index is 1.44. The van der Waals surface area contributed by atoms with Gasteiger partial charge in [-0.2, -0.15) is 0 Å². The van der Waals surface area contributed by atoms with Gasteiger partial charge in [-0.15, -0.1) is 0 Å². The summed E-state index contributed by atoms with van der Waals surface area (Å²) in [6, 6.07) is 8.16. The number of aromatic nitrogens is 3. The van der Waals surface area contributed by atoms with Crippen LogP contribution in [0.4, 0.5) is 0 Å². The normalized spacial score (nSPS) is 17.5. The van der Waals surface area contributed by atoms with Crippen LogP contribution in [0.1, 0.15) is 30.1 Å². The summed E-state index contributed by atoms with van der Waals surface area (Å²) in [5.74, 6) is 1.64. The van der Waals surface area contributed by atoms with Crippen LogP contribution in [0.3, 0.4) is 0 Å². The summed E-state index contributed by atoms with van der Waals surface area (Å²) in [5.41, 5.74) is 2.17. The van der Waals surface area contributed by atoms with Crippen LogP contribution in [-0.4, -0.2) is 64.0 Å². The fraction of sp³-hybridized carbons (Fsp3) is 0.455. The van der Waals surface area contributed by atoms with Gasteiger partial charge in [0.25, 0.3) is 0 Å². The summed E-state index contributed by atoms with van der Waals surface area (Å²) < 4.78 is 2.25. The monoisotopic (exact) mass is 379 g/mol. The van der Waals surface area contributed by atoms with Crippen molar-refractivity contribution < 1.29 is 4.79 Å². The first kappa shape index (κ1) is 18.7. The molecule has 0 bridgehead atoms. The summed E-state index contributed by atoms with van der Waals surface area (Å²) in [7, 11) is 4.17. The summed E-state index contributed by atoms with van der Waals surface area (Å²) in [5, 5.41) is 1.14. The molecule has 2 aromatic heterocycles. The number of likely N-dealkylation sites (tertiary alicyclic amines) is 1. The van der Waals surface area contributed by atoms with E-state index in [4.69, 9.17) is 0 Å². The molecule has 1 fully saturated rings. The lowest BCUT2D eigenvalue weighted by molar-refractivity contribution is -0.131. The summed E-state index contributed by atoms with van der Waals surface area (Å²) in [4.78, 5) is 25.1. The van der Waals surface area contributed by atoms with Crippen LogP contribution in [0.15, 0.2) is 42.9 Å². The Kier molecular flexibility index (Phi) is 5.48. The fourth-order valence-electron chi connectivity index (χ4n) is 4.14. The van der Waals surface area contributed by atoms with Crippen molar-refractivity contribution in [2.45, 2.75) is 31.7 Å². The number of para-hydroxylation sites is 1. The average molecular weight is 380 g/mol. The largest absolute Gasteiger partial charge is 0.361 e. The van der Waals surface area contributed by atoms with E-state index in [9.17, 15) is 4.79 Å². The SMILES string of the molecule is CN(C)CCn1ccnc1[C@@H]1CCCN(C(=O)Cc2c[nH]c3ccccc23)C1. The van der Waals surface area contributed by atoms with Crippen LogP contribution < -0.4 is 0 Å². The van der Waals surface area contributed by atoms with Gasteiger partial charge in [0.1, 0.15) is 5.82 Å². The van der Waals surface area contributed by atoms with Gasteiger partial charge in [0, 0.05) is 61.6 Å². The third kappa shape index (κ3) is 3.97. The zero-order valence-electron chi connectivity index (χ0n) is 16.8. The average Bonchev–Trinajstić information content (AvgIpc) is 3.34. The van der Waals surface area contributed by atoms with Crippen LogP contribution in [0.2, 0.25) is 0 Å². The van der Waals surface area contributed by atoms with E-state index >= 15 is 0 Å². The van der Waals surface area contributed by atoms with E-state index in [1.807, 2.05) is 35.5 Å². The molecule has 1 aliphatic rings. The molecule has 0 unspecified atom stereocenters. The zero-order chi connectivity index (χ0) is 19.5. The Morgan fingerprint density at radius 1 is 1.32 bits per heavy atom. The van der Waals surface area contributed by atoms with Gasteiger partial charge in [0.05, 0.1) is 6.42 Å². The molecule has 4 rings (SSSR count). The van der Waals surface area contributed by atoms with Crippen molar-refractivity contribution in [3.8, 4) is 0 Å². The molecule has 1 amide bonds. The molecule has 1 atom stereocenters. The number of amides is 1. The maximum Gasteiger partial charge on any atom is 0.227 e. The molecule has 1 aromatic carbocycles. The van der Waals surface area contributed by atoms with Crippen LogP contribution >= 0.6 is 0 Å². The Morgan fingerprint density at radius 2 is 2.18 bits per heavy atom. The highest BCUT2D eigenvalue weighted by atomic mass is 16.2. The number of carbonyl (C=O) groups is 1. The minimum Gasteiger partial charge on any atom is -0.361 e. The lowest BCUT2D eigenvalue weighted by atomic mass is 9.96. The first-order valence-electron chi connectivity index (χ1n) is 10.1. The van der Waals surface area contributed by atoms with Crippen molar-refractivity contribution in [3.05, 3.63) is 54.2 Å². The standard InChI is InChI=1S/C22H29N5O/c1-25(2)12-13-26-11-9-23-22(26)17-6-5-10-27(16-17)21(28)14-18-15-24-20-8-4-3-7-19(18)20/h3-4,7-9,11,15,17,24H,5-6,10,12-14,16H2,1-2H3/t17-/m1/s1. The second kappa shape index (κ2) is 8.19. The minimum atomic E-state index is 0.209. The Bertz CT molecular complexity index is 941. The topological polar surface area (TPSA) is 57.2 Å². The number of nitrogens with zero attached hydrogens (tertiary/aromatic N) is 4. The number of piperidine rings is 1. The van der Waals surface area contributed by atoms with Gasteiger partial charge in [-0.3, -0.25) is 4.79 Å². The maximum atomic E-state index is 13.0. The number of fused-ring (bicyclic) bond motifs is 1. The van der Waals surface area contributed by atoms with Gasteiger partial charge in [-0.05, 0) is 38.6 Å². The Morgan fingerprint density at radius 3 is 3.04 bits per heavy atom. The summed E-state index contributed by atoms with van der Waals surface area (Å²) >= 11 is 0. The van der Waals surface area contributed by atoms with Crippen LogP contribution in [0, 0.1) is 0 Å². The minimum absolute atomic E-state index is 0.209. The molecule has 6 nitrogen and oxygen atoms in total. The highest BCUT2D eigenvalue weighted by Crippen LogP contribution is 2.27. The van der Waals surface area contributed by atoms with E-state index in [1.165, 1.54) is 0 Å². The number of hydrogen-bond donors (Lipinski definition) is 1. The molecule has 0 radical (unpaired) electrons. The summed E-state index contributed by atoms with van der Waals surface area (Å²) in [6.45, 7) is 3.53.